The maximum Gasteiger partial charge on any atom is 0.135 e. The van der Waals surface area contributed by atoms with E-state index < -0.39 is 0 Å². The smallest absolute Gasteiger partial charge is 0.135 e. The molecule has 200 valence electrons. The van der Waals surface area contributed by atoms with E-state index in [1.807, 2.05) is 0 Å². The molecule has 1 nitrogen and oxygen atoms in total. The summed E-state index contributed by atoms with van der Waals surface area (Å²) < 4.78 is 6.45. The van der Waals surface area contributed by atoms with Crippen LogP contribution < -0.4 is 4.74 Å². The van der Waals surface area contributed by atoms with Crippen molar-refractivity contribution in [3.63, 3.8) is 0 Å². The predicted octanol–water partition coefficient (Wildman–Crippen LogP) is 11.9. The molecule has 1 heterocycles. The first-order chi connectivity index (χ1) is 21.4. The van der Waals surface area contributed by atoms with Gasteiger partial charge in [0.15, 0.2) is 0 Å². The molecular weight excluding hydrogens is 520 g/mol. The predicted molar refractivity (Wildman–Crippen MR) is 181 cm³/mol. The molecule has 0 unspecified atom stereocenters. The second-order valence-corrected chi connectivity index (χ2v) is 11.2. The van der Waals surface area contributed by atoms with Crippen LogP contribution in [0, 0.1) is 0 Å². The van der Waals surface area contributed by atoms with Gasteiger partial charge in [-0.15, -0.1) is 0 Å². The van der Waals surface area contributed by atoms with E-state index in [-0.39, 0.29) is 0 Å². The van der Waals surface area contributed by atoms with Crippen molar-refractivity contribution in [3.8, 4) is 56.0 Å². The maximum atomic E-state index is 6.45. The Hall–Kier alpha value is -5.66. The monoisotopic (exact) mass is 546 g/mol. The van der Waals surface area contributed by atoms with Gasteiger partial charge in [0.25, 0.3) is 0 Å². The minimum absolute atomic E-state index is 0.900. The van der Waals surface area contributed by atoms with Crippen LogP contribution in [-0.4, -0.2) is 0 Å². The van der Waals surface area contributed by atoms with E-state index in [2.05, 4.69) is 158 Å². The first kappa shape index (κ1) is 24.0. The Morgan fingerprint density at radius 2 is 0.837 bits per heavy atom. The fourth-order valence-electron chi connectivity index (χ4n) is 7.08. The van der Waals surface area contributed by atoms with Gasteiger partial charge in [-0.25, -0.2) is 0 Å². The third-order valence-electron chi connectivity index (χ3n) is 8.87. The van der Waals surface area contributed by atoms with Gasteiger partial charge >= 0.3 is 0 Å². The minimum atomic E-state index is 0.900. The topological polar surface area (TPSA) is 9.23 Å². The molecule has 0 N–H and O–H groups in total. The second-order valence-electron chi connectivity index (χ2n) is 11.2. The number of rotatable bonds is 3. The molecule has 8 aromatic rings. The van der Waals surface area contributed by atoms with E-state index in [1.54, 1.807) is 0 Å². The van der Waals surface area contributed by atoms with Gasteiger partial charge in [0.05, 0.1) is 0 Å². The van der Waals surface area contributed by atoms with Crippen LogP contribution >= 0.6 is 0 Å². The standard InChI is InChI=1S/C42H26O/c1-2-13-27(14-3-1)29-16-4-5-17-30(29)40-31-18-6-8-20-33(31)41(34-21-9-7-19-32(34)40)36-26-25-28-15-12-24-38-39(28)42(36)35-22-10-11-23-37(35)43-38/h1-26H. The van der Waals surface area contributed by atoms with E-state index in [1.165, 1.54) is 71.3 Å². The van der Waals surface area contributed by atoms with Crippen LogP contribution in [0.5, 0.6) is 11.5 Å². The Kier molecular flexibility index (Phi) is 5.27. The molecule has 8 aromatic carbocycles. The first-order valence-electron chi connectivity index (χ1n) is 14.8. The Bertz CT molecular complexity index is 2310. The van der Waals surface area contributed by atoms with Gasteiger partial charge in [0.2, 0.25) is 0 Å². The summed E-state index contributed by atoms with van der Waals surface area (Å²) in [4.78, 5) is 0. The fourth-order valence-corrected chi connectivity index (χ4v) is 7.08. The number of ether oxygens (including phenoxy) is 1. The van der Waals surface area contributed by atoms with Gasteiger partial charge in [-0.1, -0.05) is 146 Å². The molecule has 9 rings (SSSR count). The summed E-state index contributed by atoms with van der Waals surface area (Å²) in [5.41, 5.74) is 9.83. The summed E-state index contributed by atoms with van der Waals surface area (Å²) in [5.74, 6) is 1.81. The third kappa shape index (κ3) is 3.58. The average molecular weight is 547 g/mol. The normalized spacial score (nSPS) is 11.9. The highest BCUT2D eigenvalue weighted by Gasteiger charge is 2.26. The van der Waals surface area contributed by atoms with Crippen LogP contribution in [0.4, 0.5) is 0 Å². The highest BCUT2D eigenvalue weighted by molar-refractivity contribution is 6.25. The first-order valence-corrected chi connectivity index (χ1v) is 14.8. The van der Waals surface area contributed by atoms with Crippen molar-refractivity contribution in [2.45, 2.75) is 0 Å². The molecule has 0 aromatic heterocycles. The molecule has 1 heteroatoms. The zero-order valence-corrected chi connectivity index (χ0v) is 23.4. The summed E-state index contributed by atoms with van der Waals surface area (Å²) in [7, 11) is 0. The van der Waals surface area contributed by atoms with Gasteiger partial charge in [-0.05, 0) is 72.4 Å². The van der Waals surface area contributed by atoms with Crippen molar-refractivity contribution in [2.24, 2.45) is 0 Å². The number of hydrogen-bond acceptors (Lipinski definition) is 1. The lowest BCUT2D eigenvalue weighted by molar-refractivity contribution is 0.487. The maximum absolute atomic E-state index is 6.45. The number of benzene rings is 8. The zero-order valence-electron chi connectivity index (χ0n) is 23.4. The van der Waals surface area contributed by atoms with Gasteiger partial charge in [0.1, 0.15) is 11.5 Å². The van der Waals surface area contributed by atoms with Crippen LogP contribution in [0.1, 0.15) is 0 Å². The molecule has 0 bridgehead atoms. The van der Waals surface area contributed by atoms with Gasteiger partial charge in [0, 0.05) is 16.5 Å². The summed E-state index contributed by atoms with van der Waals surface area (Å²) in [6.45, 7) is 0. The number of fused-ring (bicyclic) bond motifs is 4. The Labute approximate surface area is 250 Å². The lowest BCUT2D eigenvalue weighted by Crippen LogP contribution is -2.00. The highest BCUT2D eigenvalue weighted by Crippen LogP contribution is 2.53. The SMILES string of the molecule is c1ccc(-c2ccccc2-c2c3ccccc3c(-c3ccc4cccc5c4c3-c3ccccc3O5)c3ccccc23)cc1. The molecule has 0 atom stereocenters. The summed E-state index contributed by atoms with van der Waals surface area (Å²) in [5, 5.41) is 7.35. The molecule has 0 aliphatic carbocycles. The summed E-state index contributed by atoms with van der Waals surface area (Å²) >= 11 is 0. The molecular formula is C42H26O. The Morgan fingerprint density at radius 3 is 1.53 bits per heavy atom. The average Bonchev–Trinajstić information content (AvgIpc) is 3.08. The van der Waals surface area contributed by atoms with Crippen molar-refractivity contribution in [2.75, 3.05) is 0 Å². The van der Waals surface area contributed by atoms with Crippen LogP contribution in [-0.2, 0) is 0 Å². The number of hydrogen-bond donors (Lipinski definition) is 0. The molecule has 43 heavy (non-hydrogen) atoms. The highest BCUT2D eigenvalue weighted by atomic mass is 16.5. The fraction of sp³-hybridized carbons (Fsp3) is 0. The molecule has 1 aliphatic rings. The molecule has 0 spiro atoms. The van der Waals surface area contributed by atoms with Crippen LogP contribution in [0.2, 0.25) is 0 Å². The van der Waals surface area contributed by atoms with Crippen molar-refractivity contribution >= 4 is 32.3 Å². The van der Waals surface area contributed by atoms with Gasteiger partial charge in [-0.2, -0.15) is 0 Å². The van der Waals surface area contributed by atoms with E-state index in [0.29, 0.717) is 0 Å². The van der Waals surface area contributed by atoms with Crippen molar-refractivity contribution < 1.29 is 4.74 Å². The van der Waals surface area contributed by atoms with Gasteiger partial charge in [-0.3, -0.25) is 0 Å². The lowest BCUT2D eigenvalue weighted by Gasteiger charge is -2.25. The largest absolute Gasteiger partial charge is 0.456 e. The summed E-state index contributed by atoms with van der Waals surface area (Å²) in [6, 6.07) is 56.7. The van der Waals surface area contributed by atoms with E-state index >= 15 is 0 Å². The summed E-state index contributed by atoms with van der Waals surface area (Å²) in [6.07, 6.45) is 0. The Balaban J connectivity index is 1.44. The van der Waals surface area contributed by atoms with Crippen LogP contribution in [0.25, 0.3) is 76.8 Å². The molecule has 0 fully saturated rings. The molecule has 0 saturated carbocycles. The molecule has 1 aliphatic heterocycles. The van der Waals surface area contributed by atoms with Crippen molar-refractivity contribution in [1.82, 2.24) is 0 Å². The lowest BCUT2D eigenvalue weighted by atomic mass is 9.81. The van der Waals surface area contributed by atoms with Crippen LogP contribution in [0.3, 0.4) is 0 Å². The quantitative estimate of drug-likeness (QED) is 0.200. The van der Waals surface area contributed by atoms with E-state index in [4.69, 9.17) is 4.74 Å². The Morgan fingerprint density at radius 1 is 0.302 bits per heavy atom. The molecule has 0 saturated heterocycles. The molecule has 0 amide bonds. The van der Waals surface area contributed by atoms with Crippen molar-refractivity contribution in [1.29, 1.82) is 0 Å². The zero-order chi connectivity index (χ0) is 28.3. The van der Waals surface area contributed by atoms with Gasteiger partial charge < -0.3 is 4.74 Å². The molecule has 0 radical (unpaired) electrons. The second kappa shape index (κ2) is 9.44. The van der Waals surface area contributed by atoms with E-state index in [0.717, 1.165) is 17.1 Å². The number of para-hydroxylation sites is 1. The van der Waals surface area contributed by atoms with E-state index in [9.17, 15) is 0 Å². The minimum Gasteiger partial charge on any atom is -0.456 e. The van der Waals surface area contributed by atoms with Crippen molar-refractivity contribution in [3.05, 3.63) is 158 Å². The third-order valence-corrected chi connectivity index (χ3v) is 8.87. The van der Waals surface area contributed by atoms with Crippen LogP contribution in [0.15, 0.2) is 158 Å².